The molecular weight excluding hydrogens is 416 g/mol. The summed E-state index contributed by atoms with van der Waals surface area (Å²) in [6.07, 6.45) is 9.32. The molecule has 4 N–H and O–H groups in total. The largest absolute Gasteiger partial charge is 0.478 e. The van der Waals surface area contributed by atoms with Gasteiger partial charge in [0.1, 0.15) is 35.1 Å². The predicted octanol–water partition coefficient (Wildman–Crippen LogP) is 4.33. The molecular formula is C24H26N8O. The zero-order valence-electron chi connectivity index (χ0n) is 18.5. The number of hydrogen-bond donors (Lipinski definition) is 3. The van der Waals surface area contributed by atoms with Crippen molar-refractivity contribution in [2.45, 2.75) is 38.1 Å². The summed E-state index contributed by atoms with van der Waals surface area (Å²) >= 11 is 0. The van der Waals surface area contributed by atoms with Gasteiger partial charge in [-0.25, -0.2) is 4.98 Å². The van der Waals surface area contributed by atoms with E-state index in [4.69, 9.17) is 15.7 Å². The normalized spacial score (nSPS) is 13.7. The zero-order valence-corrected chi connectivity index (χ0v) is 18.5. The fraction of sp³-hybridized carbons (Fsp3) is 0.333. The Morgan fingerprint density at radius 2 is 2.03 bits per heavy atom. The van der Waals surface area contributed by atoms with Crippen LogP contribution >= 0.6 is 0 Å². The maximum absolute atomic E-state index is 9.59. The fourth-order valence-electron chi connectivity index (χ4n) is 4.07. The van der Waals surface area contributed by atoms with Crippen LogP contribution in [0.4, 0.5) is 23.0 Å². The number of pyridine rings is 1. The number of anilines is 4. The van der Waals surface area contributed by atoms with E-state index in [0.717, 1.165) is 29.7 Å². The van der Waals surface area contributed by atoms with Crippen molar-refractivity contribution < 1.29 is 4.74 Å². The number of rotatable bonds is 7. The Hall–Kier alpha value is -4.24. The number of aromatic nitrogens is 3. The van der Waals surface area contributed by atoms with Gasteiger partial charge in [-0.3, -0.25) is 4.68 Å². The first kappa shape index (κ1) is 22.0. The number of nitrogens with one attached hydrogen (secondary N) is 2. The second-order valence-corrected chi connectivity index (χ2v) is 8.10. The first-order chi connectivity index (χ1) is 16.1. The van der Waals surface area contributed by atoms with Gasteiger partial charge in [-0.05, 0) is 25.0 Å². The average molecular weight is 443 g/mol. The predicted molar refractivity (Wildman–Crippen MR) is 127 cm³/mol. The van der Waals surface area contributed by atoms with Crippen LogP contribution < -0.4 is 21.1 Å². The van der Waals surface area contributed by atoms with E-state index >= 15 is 0 Å². The monoisotopic (exact) mass is 442 g/mol. The summed E-state index contributed by atoms with van der Waals surface area (Å²) in [7, 11) is 1.84. The summed E-state index contributed by atoms with van der Waals surface area (Å²) in [5.41, 5.74) is 9.33. The smallest absolute Gasteiger partial charge is 0.174 e. The summed E-state index contributed by atoms with van der Waals surface area (Å²) in [5, 5.41) is 29.4. The van der Waals surface area contributed by atoms with E-state index < -0.39 is 0 Å². The van der Waals surface area contributed by atoms with Crippen molar-refractivity contribution in [2.75, 3.05) is 23.0 Å². The number of nitrogens with zero attached hydrogens (tertiary/aromatic N) is 5. The minimum absolute atomic E-state index is 0.0752. The lowest BCUT2D eigenvalue weighted by atomic mass is 9.95. The fourth-order valence-corrected chi connectivity index (χ4v) is 4.07. The summed E-state index contributed by atoms with van der Waals surface area (Å²) in [4.78, 5) is 4.64. The van der Waals surface area contributed by atoms with Crippen molar-refractivity contribution in [3.8, 4) is 29.0 Å². The number of nitriles is 2. The lowest BCUT2D eigenvalue weighted by Gasteiger charge is -2.24. The van der Waals surface area contributed by atoms with Crippen LogP contribution in [0.5, 0.6) is 5.75 Å². The zero-order chi connectivity index (χ0) is 23.2. The van der Waals surface area contributed by atoms with Gasteiger partial charge in [0.2, 0.25) is 0 Å². The topological polar surface area (TPSA) is 138 Å². The molecule has 0 bridgehead atoms. The van der Waals surface area contributed by atoms with E-state index in [1.807, 2.05) is 37.5 Å². The van der Waals surface area contributed by atoms with Crippen LogP contribution in [0.15, 0.2) is 36.7 Å². The molecule has 0 aliphatic heterocycles. The molecule has 2 heterocycles. The summed E-state index contributed by atoms with van der Waals surface area (Å²) < 4.78 is 7.38. The molecule has 0 spiro atoms. The van der Waals surface area contributed by atoms with Crippen molar-refractivity contribution in [1.29, 1.82) is 10.5 Å². The van der Waals surface area contributed by atoms with Gasteiger partial charge in [-0.1, -0.05) is 19.3 Å². The van der Waals surface area contributed by atoms with Gasteiger partial charge in [-0.2, -0.15) is 15.6 Å². The highest BCUT2D eigenvalue weighted by atomic mass is 16.5. The molecule has 0 unspecified atom stereocenters. The molecule has 1 fully saturated rings. The van der Waals surface area contributed by atoms with Crippen LogP contribution in [-0.4, -0.2) is 27.4 Å². The maximum atomic E-state index is 9.59. The van der Waals surface area contributed by atoms with Gasteiger partial charge in [0.25, 0.3) is 0 Å². The number of aryl methyl sites for hydroxylation is 1. The molecule has 0 amide bonds. The Labute approximate surface area is 192 Å². The molecule has 1 aliphatic rings. The molecule has 168 valence electrons. The Kier molecular flexibility index (Phi) is 6.61. The molecule has 9 nitrogen and oxygen atoms in total. The highest BCUT2D eigenvalue weighted by molar-refractivity contribution is 5.76. The van der Waals surface area contributed by atoms with E-state index in [2.05, 4.69) is 26.8 Å². The summed E-state index contributed by atoms with van der Waals surface area (Å²) in [6.45, 7) is -0.0752. The number of nitrogen functional groups attached to an aromatic ring is 1. The molecule has 3 aromatic rings. The molecule has 0 saturated heterocycles. The molecule has 1 aliphatic carbocycles. The third-order valence-electron chi connectivity index (χ3n) is 5.67. The minimum atomic E-state index is -0.0752. The first-order valence-electron chi connectivity index (χ1n) is 10.9. The quantitative estimate of drug-likeness (QED) is 0.492. The van der Waals surface area contributed by atoms with Crippen molar-refractivity contribution in [1.82, 2.24) is 14.8 Å². The molecule has 4 rings (SSSR count). The van der Waals surface area contributed by atoms with Crippen molar-refractivity contribution >= 4 is 23.0 Å². The van der Waals surface area contributed by atoms with Crippen molar-refractivity contribution in [2.24, 2.45) is 7.05 Å². The third-order valence-corrected chi connectivity index (χ3v) is 5.67. The summed E-state index contributed by atoms with van der Waals surface area (Å²) in [5.74, 6) is 1.57. The van der Waals surface area contributed by atoms with Crippen LogP contribution in [0.2, 0.25) is 0 Å². The van der Waals surface area contributed by atoms with E-state index in [1.165, 1.54) is 19.3 Å². The van der Waals surface area contributed by atoms with Gasteiger partial charge in [0.15, 0.2) is 6.61 Å². The van der Waals surface area contributed by atoms with Crippen LogP contribution in [0, 0.1) is 22.7 Å². The number of ether oxygens (including phenoxy) is 1. The number of nitrogens with two attached hydrogens (primary N) is 1. The van der Waals surface area contributed by atoms with Gasteiger partial charge < -0.3 is 21.1 Å². The first-order valence-corrected chi connectivity index (χ1v) is 10.9. The highest BCUT2D eigenvalue weighted by Gasteiger charge is 2.18. The van der Waals surface area contributed by atoms with Crippen LogP contribution in [0.1, 0.15) is 37.7 Å². The standard InChI is InChI=1S/C24H26N8O/c1-32-15-16(14-28-32)19-8-7-18(11-22(19)33-10-9-25)29-23-12-21(27)20(13-26)24(31-23)30-17-5-3-2-4-6-17/h7-8,11-12,14-15,17H,2-6,10H2,1H3,(H4,27,29,30,31). The molecule has 1 saturated carbocycles. The van der Waals surface area contributed by atoms with Crippen LogP contribution in [-0.2, 0) is 7.05 Å². The van der Waals surface area contributed by atoms with E-state index in [-0.39, 0.29) is 12.6 Å². The molecule has 0 atom stereocenters. The van der Waals surface area contributed by atoms with E-state index in [0.29, 0.717) is 28.6 Å². The number of benzene rings is 1. The Bertz CT molecular complexity index is 1210. The minimum Gasteiger partial charge on any atom is -0.478 e. The Balaban J connectivity index is 1.62. The molecule has 2 aromatic heterocycles. The number of hydrogen-bond acceptors (Lipinski definition) is 8. The Morgan fingerprint density at radius 1 is 1.21 bits per heavy atom. The van der Waals surface area contributed by atoms with E-state index in [1.54, 1.807) is 16.9 Å². The lowest BCUT2D eigenvalue weighted by Crippen LogP contribution is -2.23. The second kappa shape index (κ2) is 9.92. The SMILES string of the molecule is Cn1cc(-c2ccc(Nc3cc(N)c(C#N)c(NC4CCCCC4)n3)cc2OCC#N)cn1. The lowest BCUT2D eigenvalue weighted by molar-refractivity contribution is 0.370. The van der Waals surface area contributed by atoms with Crippen molar-refractivity contribution in [3.63, 3.8) is 0 Å². The average Bonchev–Trinajstić information content (AvgIpc) is 3.24. The van der Waals surface area contributed by atoms with Crippen LogP contribution in [0.25, 0.3) is 11.1 Å². The van der Waals surface area contributed by atoms with Crippen LogP contribution in [0.3, 0.4) is 0 Å². The molecule has 1 aromatic carbocycles. The third kappa shape index (κ3) is 5.16. The maximum Gasteiger partial charge on any atom is 0.174 e. The van der Waals surface area contributed by atoms with Gasteiger partial charge in [0, 0.05) is 48.2 Å². The molecule has 33 heavy (non-hydrogen) atoms. The second-order valence-electron chi connectivity index (χ2n) is 8.10. The highest BCUT2D eigenvalue weighted by Crippen LogP contribution is 2.34. The summed E-state index contributed by atoms with van der Waals surface area (Å²) in [6, 6.07) is 11.7. The Morgan fingerprint density at radius 3 is 2.73 bits per heavy atom. The van der Waals surface area contributed by atoms with Gasteiger partial charge >= 0.3 is 0 Å². The molecule has 0 radical (unpaired) electrons. The van der Waals surface area contributed by atoms with Gasteiger partial charge in [-0.15, -0.1) is 0 Å². The molecule has 9 heteroatoms. The van der Waals surface area contributed by atoms with Gasteiger partial charge in [0.05, 0.1) is 11.9 Å². The van der Waals surface area contributed by atoms with Crippen molar-refractivity contribution in [3.05, 3.63) is 42.2 Å². The van der Waals surface area contributed by atoms with E-state index in [9.17, 15) is 5.26 Å².